The second-order valence-corrected chi connectivity index (χ2v) is 3.46. The van der Waals surface area contributed by atoms with Gasteiger partial charge in [0.1, 0.15) is 0 Å². The second-order valence-electron chi connectivity index (χ2n) is 2.04. The van der Waals surface area contributed by atoms with Crippen LogP contribution in [0.5, 0.6) is 0 Å². The summed E-state index contributed by atoms with van der Waals surface area (Å²) < 4.78 is 109. The van der Waals surface area contributed by atoms with E-state index in [-0.39, 0.29) is 0 Å². The summed E-state index contributed by atoms with van der Waals surface area (Å²) in [6.45, 7) is 0. The highest BCUT2D eigenvalue weighted by atomic mass is 32.2. The lowest BCUT2D eigenvalue weighted by Crippen LogP contribution is -2.55. The van der Waals surface area contributed by atoms with Gasteiger partial charge in [-0.2, -0.15) is 30.7 Å². The molecule has 0 saturated carbocycles. The monoisotopic (exact) mass is 249 g/mol. The van der Waals surface area contributed by atoms with E-state index in [9.17, 15) is 43.7 Å². The lowest BCUT2D eigenvalue weighted by molar-refractivity contribution is -0.333. The molecule has 11 heteroatoms. The smallest absolute Gasteiger partial charge is 0.461 e. The summed E-state index contributed by atoms with van der Waals surface area (Å²) in [5, 5.41) is -6.72. The molecule has 0 rings (SSSR count). The number of alkyl halides is 7. The number of hydrogen-bond donors (Lipinski definition) is 0. The largest absolute Gasteiger partial charge is 0.743 e. The minimum atomic E-state index is -7.10. The van der Waals surface area contributed by atoms with Crippen LogP contribution in [0.4, 0.5) is 30.7 Å². The number of rotatable bonds is 2. The van der Waals surface area contributed by atoms with Gasteiger partial charge in [0.05, 0.1) is 0 Å². The maximum atomic E-state index is 11.8. The lowest BCUT2D eigenvalue weighted by atomic mass is 10.3. The van der Waals surface area contributed by atoms with Crippen molar-refractivity contribution in [3.8, 4) is 0 Å². The Labute approximate surface area is 72.3 Å². The third-order valence-electron chi connectivity index (χ3n) is 1.04. The van der Waals surface area contributed by atoms with Crippen molar-refractivity contribution in [2.45, 2.75) is 17.4 Å². The molecule has 3 nitrogen and oxygen atoms in total. The highest BCUT2D eigenvalue weighted by Crippen LogP contribution is 2.48. The fraction of sp³-hybridized carbons (Fsp3) is 1.00. The molecular weight excluding hydrogens is 249 g/mol. The fourth-order valence-electron chi connectivity index (χ4n) is 0.322. The van der Waals surface area contributed by atoms with Gasteiger partial charge in [0.15, 0.2) is 10.1 Å². The van der Waals surface area contributed by atoms with Crippen LogP contribution >= 0.6 is 0 Å². The van der Waals surface area contributed by atoms with Crippen molar-refractivity contribution in [2.75, 3.05) is 0 Å². The highest BCUT2D eigenvalue weighted by molar-refractivity contribution is 7.86. The second kappa shape index (κ2) is 2.95. The maximum absolute atomic E-state index is 11.8. The van der Waals surface area contributed by atoms with Crippen LogP contribution in [0.1, 0.15) is 0 Å². The van der Waals surface area contributed by atoms with Gasteiger partial charge in [-0.1, -0.05) is 0 Å². The van der Waals surface area contributed by atoms with E-state index < -0.39 is 27.5 Å². The first-order valence-corrected chi connectivity index (χ1v) is 3.94. The van der Waals surface area contributed by atoms with Crippen molar-refractivity contribution in [1.29, 1.82) is 0 Å². The standard InChI is InChI=1S/C3HF7O3S/c4-1(5,2(6,7)8)3(9,10)14(11,12)13/h(H,11,12,13)/p-1. The zero-order valence-corrected chi connectivity index (χ0v) is 6.60. The molecule has 0 unspecified atom stereocenters. The molecule has 0 fully saturated rings. The predicted octanol–water partition coefficient (Wildman–Crippen LogP) is 1.32. The molecule has 0 aliphatic rings. The van der Waals surface area contributed by atoms with E-state index >= 15 is 0 Å². The van der Waals surface area contributed by atoms with E-state index in [2.05, 4.69) is 0 Å². The molecule has 0 spiro atoms. The van der Waals surface area contributed by atoms with Gasteiger partial charge in [-0.25, -0.2) is 8.42 Å². The Balaban J connectivity index is 5.54. The molecule has 0 radical (unpaired) electrons. The summed E-state index contributed by atoms with van der Waals surface area (Å²) in [5.74, 6) is -6.92. The van der Waals surface area contributed by atoms with Gasteiger partial charge in [0.25, 0.3) is 0 Å². The summed E-state index contributed by atoms with van der Waals surface area (Å²) in [4.78, 5) is 0. The van der Waals surface area contributed by atoms with Gasteiger partial charge in [-0.3, -0.25) is 0 Å². The van der Waals surface area contributed by atoms with Gasteiger partial charge in [-0.15, -0.1) is 0 Å². The minimum Gasteiger partial charge on any atom is -0.743 e. The van der Waals surface area contributed by atoms with Gasteiger partial charge < -0.3 is 4.55 Å². The first-order valence-electron chi connectivity index (χ1n) is 2.53. The van der Waals surface area contributed by atoms with Crippen molar-refractivity contribution < 1.29 is 43.7 Å². The molecular formula is C3F7O3S-. The summed E-state index contributed by atoms with van der Waals surface area (Å²) in [5.41, 5.74) is 0. The van der Waals surface area contributed by atoms with Crippen LogP contribution < -0.4 is 0 Å². The Bertz CT molecular complexity index is 314. The molecule has 0 aromatic heterocycles. The number of hydrogen-bond acceptors (Lipinski definition) is 3. The molecule has 0 aromatic rings. The van der Waals surface area contributed by atoms with Crippen LogP contribution in [-0.4, -0.2) is 30.3 Å². The van der Waals surface area contributed by atoms with Gasteiger partial charge >= 0.3 is 17.4 Å². The molecule has 0 amide bonds. The molecule has 0 saturated heterocycles. The molecule has 0 atom stereocenters. The van der Waals surface area contributed by atoms with Gasteiger partial charge in [0.2, 0.25) is 0 Å². The molecule has 0 aliphatic heterocycles. The zero-order valence-electron chi connectivity index (χ0n) is 5.78. The molecule has 0 aliphatic carbocycles. The number of halogens is 7. The van der Waals surface area contributed by atoms with Gasteiger partial charge in [0, 0.05) is 0 Å². The molecule has 0 aromatic carbocycles. The molecule has 0 bridgehead atoms. The van der Waals surface area contributed by atoms with Crippen LogP contribution in [0.25, 0.3) is 0 Å². The lowest BCUT2D eigenvalue weighted by Gasteiger charge is -2.29. The average Bonchev–Trinajstić information content (AvgIpc) is 1.81. The van der Waals surface area contributed by atoms with E-state index in [1.54, 1.807) is 0 Å². The predicted molar refractivity (Wildman–Crippen MR) is 25.6 cm³/mol. The maximum Gasteiger partial charge on any atom is 0.461 e. The fourth-order valence-corrected chi connectivity index (χ4v) is 0.752. The van der Waals surface area contributed by atoms with Crippen LogP contribution in [0.15, 0.2) is 0 Å². The summed E-state index contributed by atoms with van der Waals surface area (Å²) in [6.07, 6.45) is -6.83. The molecule has 14 heavy (non-hydrogen) atoms. The minimum absolute atomic E-state index is 6.72. The Hall–Kier alpha value is -0.580. The molecule has 0 heterocycles. The van der Waals surface area contributed by atoms with E-state index in [0.29, 0.717) is 0 Å². The Morgan fingerprint density at radius 1 is 0.857 bits per heavy atom. The first-order chi connectivity index (χ1) is 5.75. The Kier molecular flexibility index (Phi) is 2.83. The topological polar surface area (TPSA) is 57.2 Å². The SMILES string of the molecule is O=S(=O)([O-])C(F)(F)C(F)(F)C(F)(F)F. The van der Waals surface area contributed by atoms with Crippen LogP contribution in [0.2, 0.25) is 0 Å². The average molecular weight is 249 g/mol. The van der Waals surface area contributed by atoms with Crippen LogP contribution in [0, 0.1) is 0 Å². The highest BCUT2D eigenvalue weighted by Gasteiger charge is 2.76. The summed E-state index contributed by atoms with van der Waals surface area (Å²) in [6, 6.07) is 0. The van der Waals surface area contributed by atoms with Crippen molar-refractivity contribution >= 4 is 10.1 Å². The molecule has 86 valence electrons. The van der Waals surface area contributed by atoms with Crippen LogP contribution in [-0.2, 0) is 10.1 Å². The van der Waals surface area contributed by atoms with E-state index in [1.165, 1.54) is 0 Å². The van der Waals surface area contributed by atoms with E-state index in [1.807, 2.05) is 0 Å². The van der Waals surface area contributed by atoms with Crippen molar-refractivity contribution in [2.24, 2.45) is 0 Å². The summed E-state index contributed by atoms with van der Waals surface area (Å²) in [7, 11) is -7.10. The van der Waals surface area contributed by atoms with Crippen molar-refractivity contribution in [1.82, 2.24) is 0 Å². The Morgan fingerprint density at radius 3 is 1.21 bits per heavy atom. The zero-order chi connectivity index (χ0) is 12.0. The quantitative estimate of drug-likeness (QED) is 0.547. The van der Waals surface area contributed by atoms with Gasteiger partial charge in [-0.05, 0) is 0 Å². The van der Waals surface area contributed by atoms with E-state index in [0.717, 1.165) is 0 Å². The summed E-state index contributed by atoms with van der Waals surface area (Å²) >= 11 is 0. The Morgan fingerprint density at radius 2 is 1.14 bits per heavy atom. The third-order valence-corrected chi connectivity index (χ3v) is 1.92. The van der Waals surface area contributed by atoms with Crippen molar-refractivity contribution in [3.63, 3.8) is 0 Å². The van der Waals surface area contributed by atoms with Crippen LogP contribution in [0.3, 0.4) is 0 Å². The van der Waals surface area contributed by atoms with E-state index in [4.69, 9.17) is 0 Å². The third kappa shape index (κ3) is 1.78. The normalized spacial score (nSPS) is 15.7. The molecule has 0 N–H and O–H groups in total. The first kappa shape index (κ1) is 13.4. The van der Waals surface area contributed by atoms with Crippen molar-refractivity contribution in [3.05, 3.63) is 0 Å².